The summed E-state index contributed by atoms with van der Waals surface area (Å²) in [5, 5.41) is 12.0. The molecule has 0 unspecified atom stereocenters. The molecule has 4 N–H and O–H groups in total. The van der Waals surface area contributed by atoms with Crippen molar-refractivity contribution >= 4 is 35.6 Å². The van der Waals surface area contributed by atoms with Gasteiger partial charge in [0, 0.05) is 25.8 Å². The maximum atomic E-state index is 16.4. The molecule has 4 heterocycles. The maximum absolute atomic E-state index is 16.4. The van der Waals surface area contributed by atoms with Gasteiger partial charge < -0.3 is 40.0 Å². The number of primary amides is 1. The third kappa shape index (κ3) is 8.64. The molecule has 0 radical (unpaired) electrons. The van der Waals surface area contributed by atoms with Crippen molar-refractivity contribution in [2.45, 2.75) is 61.7 Å². The number of aliphatic hydroxyl groups is 1. The number of ether oxygens (including phenoxy) is 4. The second-order valence-corrected chi connectivity index (χ2v) is 16.5. The number of urea groups is 1. The van der Waals surface area contributed by atoms with Gasteiger partial charge in [0.2, 0.25) is 11.8 Å². The zero-order valence-corrected chi connectivity index (χ0v) is 36.2. The number of imide groups is 1. The van der Waals surface area contributed by atoms with E-state index in [0.29, 0.717) is 41.1 Å². The molecule has 0 bridgehead atoms. The summed E-state index contributed by atoms with van der Waals surface area (Å²) >= 11 is 0. The number of cyclic esters (lactones) is 1. The quantitative estimate of drug-likeness (QED) is 0.100. The third-order valence-electron chi connectivity index (χ3n) is 12.7. The first-order valence-electron chi connectivity index (χ1n) is 22.1. The van der Waals surface area contributed by atoms with E-state index in [1.165, 1.54) is 7.11 Å². The number of morpholine rings is 1. The van der Waals surface area contributed by atoms with Crippen LogP contribution in [-0.4, -0.2) is 104 Å². The molecule has 3 saturated heterocycles. The van der Waals surface area contributed by atoms with Gasteiger partial charge in [-0.2, -0.15) is 0 Å². The number of benzene rings is 4. The number of hydrogen-bond acceptors (Lipinski definition) is 11. The maximum Gasteiger partial charge on any atom is 0.421 e. The molecule has 4 aliphatic heterocycles. The molecule has 4 aromatic carbocycles. The number of anilines is 1. The fourth-order valence-electron chi connectivity index (χ4n) is 10.1. The fourth-order valence-corrected chi connectivity index (χ4v) is 10.1. The number of nitrogens with one attached hydrogen (secondary N) is 1. The lowest BCUT2D eigenvalue weighted by Crippen LogP contribution is -2.56. The van der Waals surface area contributed by atoms with Crippen LogP contribution in [0.25, 0.3) is 0 Å². The van der Waals surface area contributed by atoms with Gasteiger partial charge in [-0.3, -0.25) is 19.3 Å². The van der Waals surface area contributed by atoms with E-state index in [9.17, 15) is 14.7 Å². The first-order chi connectivity index (χ1) is 31.7. The van der Waals surface area contributed by atoms with Crippen LogP contribution < -0.4 is 20.7 Å². The normalized spacial score (nSPS) is 23.9. The van der Waals surface area contributed by atoms with Crippen LogP contribution in [0.2, 0.25) is 0 Å². The summed E-state index contributed by atoms with van der Waals surface area (Å²) in [6.45, 7) is 0.471. The average molecular weight is 884 g/mol. The molecule has 4 aromatic rings. The monoisotopic (exact) mass is 883 g/mol. The number of nitrogens with two attached hydrogens (primary N) is 1. The number of likely N-dealkylation sites (tertiary alicyclic amines) is 1. The zero-order chi connectivity index (χ0) is 45.5. The van der Waals surface area contributed by atoms with E-state index in [4.69, 9.17) is 24.7 Å². The number of carbonyl (C=O) groups is 5. The number of carbonyl (C=O) groups excluding carboxylic acids is 5. The Labute approximate surface area is 377 Å². The van der Waals surface area contributed by atoms with Crippen molar-refractivity contribution in [1.29, 1.82) is 0 Å². The summed E-state index contributed by atoms with van der Waals surface area (Å²) in [6, 6.07) is 26.9. The Morgan fingerprint density at radius 1 is 0.831 bits per heavy atom. The Morgan fingerprint density at radius 2 is 1.51 bits per heavy atom. The fraction of sp³-hybridized carbons (Fsp3) is 0.380. The van der Waals surface area contributed by atoms with Crippen LogP contribution in [0.5, 0.6) is 5.75 Å². The number of esters is 1. The van der Waals surface area contributed by atoms with E-state index in [1.54, 1.807) is 47.4 Å². The Morgan fingerprint density at radius 3 is 2.17 bits per heavy atom. The Hall–Kier alpha value is -6.73. The SMILES string of the molecule is COCCOC(=O)N1C(=O)[C@@]2(c3cc(C#CCNC(N)=O)ccc31)[C@H](C(=O)N1CCCCCCC1)[C@H]1C(=O)O[C@H](c3ccccc3)[C@H](c3ccccc3)N1[C@@H]2c1ccc(OCCO)cc1. The highest BCUT2D eigenvalue weighted by molar-refractivity contribution is 6.23. The van der Waals surface area contributed by atoms with E-state index in [-0.39, 0.29) is 38.7 Å². The molecule has 65 heavy (non-hydrogen) atoms. The number of fused-ring (bicyclic) bond motifs is 3. The molecule has 5 amide bonds. The van der Waals surface area contributed by atoms with Crippen molar-refractivity contribution in [3.63, 3.8) is 0 Å². The first-order valence-corrected chi connectivity index (χ1v) is 22.1. The molecule has 1 spiro atoms. The standard InChI is InChI=1S/C50H53N5O10/c1-62-30-31-64-49(61)54-39-24-19-33(14-13-25-52-48(51)60)32-38(39)50(47(54)59)40(45(57)53-26-11-3-2-4-12-27-53)42-46(58)65-43(35-17-9-6-10-18-35)41(34-15-7-5-8-16-34)55(42)44(50)36-20-22-37(23-21-36)63-29-28-56/h5-10,15-24,32,40-44,56H,2-4,11-12,25-31H2,1H3,(H3,51,52,60)/t40-,41-,42-,43+,44+,50-/m0/s1. The number of nitrogens with zero attached hydrogens (tertiary/aromatic N) is 3. The zero-order valence-electron chi connectivity index (χ0n) is 36.2. The second-order valence-electron chi connectivity index (χ2n) is 16.5. The predicted molar refractivity (Wildman–Crippen MR) is 238 cm³/mol. The summed E-state index contributed by atoms with van der Waals surface area (Å²) in [6.07, 6.45) is 2.44. The van der Waals surface area contributed by atoms with Gasteiger partial charge in [-0.25, -0.2) is 14.5 Å². The van der Waals surface area contributed by atoms with Crippen molar-refractivity contribution in [3.8, 4) is 17.6 Å². The van der Waals surface area contributed by atoms with Crippen LogP contribution in [0.4, 0.5) is 15.3 Å². The number of hydrogen-bond donors (Lipinski definition) is 3. The summed E-state index contributed by atoms with van der Waals surface area (Å²) < 4.78 is 23.3. The summed E-state index contributed by atoms with van der Waals surface area (Å²) in [5.74, 6) is 3.11. The van der Waals surface area contributed by atoms with E-state index in [2.05, 4.69) is 17.2 Å². The largest absolute Gasteiger partial charge is 0.491 e. The van der Waals surface area contributed by atoms with Gasteiger partial charge in [0.25, 0.3) is 0 Å². The van der Waals surface area contributed by atoms with Crippen molar-refractivity contribution in [1.82, 2.24) is 15.1 Å². The molecule has 4 aliphatic rings. The topological polar surface area (TPSA) is 190 Å². The van der Waals surface area contributed by atoms with Gasteiger partial charge >= 0.3 is 18.1 Å². The molecular weight excluding hydrogens is 831 g/mol. The Bertz CT molecular complexity index is 2430. The van der Waals surface area contributed by atoms with Gasteiger partial charge in [-0.05, 0) is 65.4 Å². The van der Waals surface area contributed by atoms with Crippen molar-refractivity contribution in [2.24, 2.45) is 11.7 Å². The van der Waals surface area contributed by atoms with Crippen LogP contribution >= 0.6 is 0 Å². The van der Waals surface area contributed by atoms with E-state index in [0.717, 1.165) is 42.6 Å². The van der Waals surface area contributed by atoms with Crippen molar-refractivity contribution in [2.75, 3.05) is 58.1 Å². The highest BCUT2D eigenvalue weighted by atomic mass is 16.6. The Kier molecular flexibility index (Phi) is 13.8. The van der Waals surface area contributed by atoms with E-state index >= 15 is 14.4 Å². The number of aliphatic hydroxyl groups excluding tert-OH is 1. The number of rotatable bonds is 11. The van der Waals surface area contributed by atoms with Crippen LogP contribution in [0.1, 0.15) is 78.1 Å². The molecule has 0 aromatic heterocycles. The molecule has 15 nitrogen and oxygen atoms in total. The highest BCUT2D eigenvalue weighted by Crippen LogP contribution is 2.66. The molecule has 0 saturated carbocycles. The van der Waals surface area contributed by atoms with Gasteiger partial charge in [-0.1, -0.05) is 104 Å². The van der Waals surface area contributed by atoms with Crippen LogP contribution in [0.3, 0.4) is 0 Å². The number of amides is 5. The van der Waals surface area contributed by atoms with Crippen LogP contribution in [0, 0.1) is 17.8 Å². The van der Waals surface area contributed by atoms with Crippen molar-refractivity contribution < 1.29 is 48.0 Å². The van der Waals surface area contributed by atoms with E-state index in [1.807, 2.05) is 65.6 Å². The smallest absolute Gasteiger partial charge is 0.421 e. The molecule has 8 rings (SSSR count). The van der Waals surface area contributed by atoms with E-state index < -0.39 is 65.5 Å². The van der Waals surface area contributed by atoms with Crippen LogP contribution in [-0.2, 0) is 34.0 Å². The minimum Gasteiger partial charge on any atom is -0.491 e. The summed E-state index contributed by atoms with van der Waals surface area (Å²) in [5.41, 5.74) is 6.22. The molecule has 15 heteroatoms. The lowest BCUT2D eigenvalue weighted by atomic mass is 9.64. The predicted octanol–water partition coefficient (Wildman–Crippen LogP) is 5.32. The molecule has 6 atom stereocenters. The first kappa shape index (κ1) is 44.9. The summed E-state index contributed by atoms with van der Waals surface area (Å²) in [4.78, 5) is 78.5. The minimum atomic E-state index is -1.99. The lowest BCUT2D eigenvalue weighted by molar-refractivity contribution is -0.179. The second kappa shape index (κ2) is 20.0. The Balaban J connectivity index is 1.45. The van der Waals surface area contributed by atoms with Gasteiger partial charge in [0.15, 0.2) is 0 Å². The highest BCUT2D eigenvalue weighted by Gasteiger charge is 2.76. The summed E-state index contributed by atoms with van der Waals surface area (Å²) in [7, 11) is 1.46. The van der Waals surface area contributed by atoms with Gasteiger partial charge in [0.1, 0.15) is 36.5 Å². The average Bonchev–Trinajstić information content (AvgIpc) is 3.76. The number of methoxy groups -OCH3 is 1. The molecule has 0 aliphatic carbocycles. The molecular formula is C50H53N5O10. The molecule has 338 valence electrons. The van der Waals surface area contributed by atoms with Crippen molar-refractivity contribution in [3.05, 3.63) is 131 Å². The minimum absolute atomic E-state index is 0.0405. The lowest BCUT2D eigenvalue weighted by Gasteiger charge is -2.46. The third-order valence-corrected chi connectivity index (χ3v) is 12.7. The van der Waals surface area contributed by atoms with Crippen LogP contribution in [0.15, 0.2) is 103 Å². The molecule has 3 fully saturated rings. The van der Waals surface area contributed by atoms with Gasteiger partial charge in [0.05, 0.1) is 43.4 Å². The van der Waals surface area contributed by atoms with Gasteiger partial charge in [-0.15, -0.1) is 0 Å².